The molecule has 0 fully saturated rings. The van der Waals surface area contributed by atoms with Crippen LogP contribution in [0, 0.1) is 10.7 Å². The number of halogens is 3. The Kier molecular flexibility index (Phi) is 8.80. The fourth-order valence-corrected chi connectivity index (χ4v) is 5.76. The quantitative estimate of drug-likeness (QED) is 0.387. The Morgan fingerprint density at radius 1 is 1.28 bits per heavy atom. The van der Waals surface area contributed by atoms with Crippen molar-refractivity contribution in [1.29, 1.82) is 0 Å². The van der Waals surface area contributed by atoms with Crippen LogP contribution in [-0.2, 0) is 4.79 Å². The van der Waals surface area contributed by atoms with E-state index in [-0.39, 0.29) is 12.5 Å². The van der Waals surface area contributed by atoms with Gasteiger partial charge in [0.25, 0.3) is 0 Å². The van der Waals surface area contributed by atoms with Gasteiger partial charge < -0.3 is 10.4 Å². The maximum absolute atomic E-state index is 11.8. The molecule has 3 nitrogen and oxygen atoms in total. The molecule has 0 aliphatic rings. The van der Waals surface area contributed by atoms with Gasteiger partial charge in [0.2, 0.25) is 5.91 Å². The fourth-order valence-electron chi connectivity index (χ4n) is 1.17. The second kappa shape index (κ2) is 9.19. The largest absolute Gasteiger partial charge is 0.396 e. The summed E-state index contributed by atoms with van der Waals surface area (Å²) in [4.78, 5) is 11.8. The molecule has 0 spiro atoms. The third-order valence-electron chi connectivity index (χ3n) is 1.95. The SMILES string of the molecule is O=C(CSCCCO)Nc1c(I)cc(I)cc1I. The summed E-state index contributed by atoms with van der Waals surface area (Å²) in [5.74, 6) is 1.25. The maximum Gasteiger partial charge on any atom is 0.234 e. The lowest BCUT2D eigenvalue weighted by Crippen LogP contribution is -2.16. The normalized spacial score (nSPS) is 10.4. The van der Waals surface area contributed by atoms with Gasteiger partial charge in [-0.25, -0.2) is 0 Å². The molecule has 0 heterocycles. The molecule has 0 aliphatic heterocycles. The lowest BCUT2D eigenvalue weighted by Gasteiger charge is -2.10. The minimum atomic E-state index is 0.00924. The van der Waals surface area contributed by atoms with E-state index in [9.17, 15) is 4.79 Å². The molecule has 7 heteroatoms. The number of thioether (sulfide) groups is 1. The highest BCUT2D eigenvalue weighted by molar-refractivity contribution is 14.1. The van der Waals surface area contributed by atoms with Gasteiger partial charge in [-0.15, -0.1) is 0 Å². The predicted molar refractivity (Wildman–Crippen MR) is 102 cm³/mol. The number of amides is 1. The average molecular weight is 603 g/mol. The Balaban J connectivity index is 2.54. The van der Waals surface area contributed by atoms with E-state index in [4.69, 9.17) is 5.11 Å². The van der Waals surface area contributed by atoms with Gasteiger partial charge in [0.1, 0.15) is 0 Å². The summed E-state index contributed by atoms with van der Waals surface area (Å²) >= 11 is 8.27. The van der Waals surface area contributed by atoms with Crippen LogP contribution < -0.4 is 5.32 Å². The van der Waals surface area contributed by atoms with Crippen LogP contribution in [0.2, 0.25) is 0 Å². The second-order valence-corrected chi connectivity index (χ2v) is 8.10. The number of hydrogen-bond donors (Lipinski definition) is 2. The average Bonchev–Trinajstić information content (AvgIpc) is 2.29. The summed E-state index contributed by atoms with van der Waals surface area (Å²) in [5, 5.41) is 11.6. The molecule has 0 aliphatic carbocycles. The molecule has 100 valence electrons. The zero-order valence-corrected chi connectivity index (χ0v) is 16.7. The monoisotopic (exact) mass is 603 g/mol. The highest BCUT2D eigenvalue weighted by Crippen LogP contribution is 2.27. The number of aliphatic hydroxyl groups is 1. The van der Waals surface area contributed by atoms with Crippen molar-refractivity contribution in [2.75, 3.05) is 23.4 Å². The van der Waals surface area contributed by atoms with Crippen molar-refractivity contribution in [3.05, 3.63) is 22.8 Å². The van der Waals surface area contributed by atoms with Crippen LogP contribution in [0.5, 0.6) is 0 Å². The summed E-state index contributed by atoms with van der Waals surface area (Å²) in [6.45, 7) is 0.182. The van der Waals surface area contributed by atoms with Crippen molar-refractivity contribution in [3.8, 4) is 0 Å². The molecule has 1 amide bonds. The van der Waals surface area contributed by atoms with Crippen molar-refractivity contribution in [3.63, 3.8) is 0 Å². The Morgan fingerprint density at radius 2 is 1.89 bits per heavy atom. The number of benzene rings is 1. The number of carbonyl (C=O) groups is 1. The van der Waals surface area contributed by atoms with Gasteiger partial charge in [-0.1, -0.05) is 0 Å². The van der Waals surface area contributed by atoms with E-state index >= 15 is 0 Å². The van der Waals surface area contributed by atoms with Crippen LogP contribution in [0.3, 0.4) is 0 Å². The molecule has 2 N–H and O–H groups in total. The van der Waals surface area contributed by atoms with Gasteiger partial charge in [0.15, 0.2) is 0 Å². The van der Waals surface area contributed by atoms with Crippen LogP contribution in [0.15, 0.2) is 12.1 Å². The van der Waals surface area contributed by atoms with Gasteiger partial charge >= 0.3 is 0 Å². The third-order valence-corrected chi connectivity index (χ3v) is 5.32. The summed E-state index contributed by atoms with van der Waals surface area (Å²) < 4.78 is 3.27. The van der Waals surface area contributed by atoms with Crippen molar-refractivity contribution in [2.45, 2.75) is 6.42 Å². The molecule has 0 saturated heterocycles. The van der Waals surface area contributed by atoms with Crippen LogP contribution >= 0.6 is 79.5 Å². The van der Waals surface area contributed by atoms with Crippen molar-refractivity contribution in [1.82, 2.24) is 0 Å². The third kappa shape index (κ3) is 6.09. The number of carbonyl (C=O) groups excluding carboxylic acids is 1. The molecule has 1 rings (SSSR count). The zero-order chi connectivity index (χ0) is 13.5. The topological polar surface area (TPSA) is 49.3 Å². The van der Waals surface area contributed by atoms with E-state index in [1.165, 1.54) is 0 Å². The first kappa shape index (κ1) is 17.2. The molecular weight excluding hydrogens is 591 g/mol. The molecule has 0 radical (unpaired) electrons. The molecule has 0 atom stereocenters. The van der Waals surface area contributed by atoms with Crippen molar-refractivity contribution >= 4 is 91.1 Å². The number of nitrogens with one attached hydrogen (secondary N) is 1. The molecule has 0 bridgehead atoms. The van der Waals surface area contributed by atoms with Crippen molar-refractivity contribution in [2.24, 2.45) is 0 Å². The minimum absolute atomic E-state index is 0.00924. The van der Waals surface area contributed by atoms with Gasteiger partial charge in [-0.3, -0.25) is 4.79 Å². The van der Waals surface area contributed by atoms with E-state index < -0.39 is 0 Å². The molecule has 0 saturated carbocycles. The first-order valence-corrected chi connectivity index (χ1v) is 9.56. The maximum atomic E-state index is 11.8. The Bertz CT molecular complexity index is 406. The summed E-state index contributed by atoms with van der Waals surface area (Å²) in [5.41, 5.74) is 0.893. The summed E-state index contributed by atoms with van der Waals surface area (Å²) in [6.07, 6.45) is 0.733. The van der Waals surface area contributed by atoms with E-state index in [2.05, 4.69) is 73.1 Å². The lowest BCUT2D eigenvalue weighted by atomic mass is 10.3. The first-order valence-electron chi connectivity index (χ1n) is 5.17. The molecular formula is C11H12I3NO2S. The molecule has 1 aromatic carbocycles. The first-order chi connectivity index (χ1) is 8.54. The number of aliphatic hydroxyl groups excluding tert-OH is 1. The number of hydrogen-bond acceptors (Lipinski definition) is 3. The number of anilines is 1. The van der Waals surface area contributed by atoms with Crippen LogP contribution in [-0.4, -0.2) is 29.1 Å². The summed E-state index contributed by atoms with van der Waals surface area (Å²) in [6, 6.07) is 4.08. The molecule has 0 aromatic heterocycles. The standard InChI is InChI=1S/C11H12I3NO2S/c12-7-4-8(13)11(9(14)5-7)15-10(17)6-18-3-1-2-16/h4-5,16H,1-3,6H2,(H,15,17). The van der Waals surface area contributed by atoms with Crippen LogP contribution in [0.25, 0.3) is 0 Å². The smallest absolute Gasteiger partial charge is 0.234 e. The molecule has 18 heavy (non-hydrogen) atoms. The van der Waals surface area contributed by atoms with Gasteiger partial charge in [0.05, 0.1) is 11.4 Å². The Hall–Kier alpha value is 1.19. The van der Waals surface area contributed by atoms with E-state index in [1.807, 2.05) is 12.1 Å². The van der Waals surface area contributed by atoms with Crippen molar-refractivity contribution < 1.29 is 9.90 Å². The van der Waals surface area contributed by atoms with E-state index in [0.717, 1.165) is 28.6 Å². The lowest BCUT2D eigenvalue weighted by molar-refractivity contribution is -0.113. The molecule has 0 unspecified atom stereocenters. The minimum Gasteiger partial charge on any atom is -0.396 e. The molecule has 1 aromatic rings. The van der Waals surface area contributed by atoms with Gasteiger partial charge in [-0.05, 0) is 92.1 Å². The second-order valence-electron chi connectivity index (χ2n) is 3.42. The number of rotatable bonds is 6. The fraction of sp³-hybridized carbons (Fsp3) is 0.364. The predicted octanol–water partition coefficient (Wildman–Crippen LogP) is 3.55. The van der Waals surface area contributed by atoms with Crippen LogP contribution in [0.1, 0.15) is 6.42 Å². The van der Waals surface area contributed by atoms with Gasteiger partial charge in [-0.2, -0.15) is 11.8 Å². The highest BCUT2D eigenvalue weighted by atomic mass is 127. The summed E-state index contributed by atoms with van der Waals surface area (Å²) in [7, 11) is 0. The van der Waals surface area contributed by atoms with E-state index in [1.54, 1.807) is 11.8 Å². The zero-order valence-electron chi connectivity index (χ0n) is 9.38. The van der Waals surface area contributed by atoms with Crippen LogP contribution in [0.4, 0.5) is 5.69 Å². The van der Waals surface area contributed by atoms with E-state index in [0.29, 0.717) is 5.75 Å². The van der Waals surface area contributed by atoms with Gasteiger partial charge in [0, 0.05) is 17.3 Å². The highest BCUT2D eigenvalue weighted by Gasteiger charge is 2.10. The Morgan fingerprint density at radius 3 is 2.44 bits per heavy atom. The Labute approximate surface area is 152 Å².